The van der Waals surface area contributed by atoms with E-state index in [2.05, 4.69) is 10.2 Å². The number of halogens is 3. The molecule has 1 aromatic heterocycles. The maximum atomic E-state index is 12.8. The molecule has 0 amide bonds. The Bertz CT molecular complexity index is 319. The highest BCUT2D eigenvalue weighted by molar-refractivity contribution is 6.27. The van der Waals surface area contributed by atoms with Crippen LogP contribution < -0.4 is 0 Å². The Labute approximate surface area is 84.5 Å². The largest absolute Gasteiger partial charge is 0.412 e. The van der Waals surface area contributed by atoms with Gasteiger partial charge in [-0.05, 0) is 24.4 Å². The minimum atomic E-state index is -2.53. The Balaban J connectivity index is 2.02. The summed E-state index contributed by atoms with van der Waals surface area (Å²) < 4.78 is 30.6. The van der Waals surface area contributed by atoms with Crippen LogP contribution in [0.3, 0.4) is 0 Å². The van der Waals surface area contributed by atoms with Crippen molar-refractivity contribution in [1.29, 1.82) is 0 Å². The van der Waals surface area contributed by atoms with Crippen LogP contribution in [-0.2, 0) is 0 Å². The lowest BCUT2D eigenvalue weighted by Gasteiger charge is -2.25. The Morgan fingerprint density at radius 3 is 2.43 bits per heavy atom. The van der Waals surface area contributed by atoms with Crippen molar-refractivity contribution in [2.45, 2.75) is 37.5 Å². The van der Waals surface area contributed by atoms with Crippen LogP contribution in [0.1, 0.15) is 37.5 Å². The zero-order chi connectivity index (χ0) is 10.2. The lowest BCUT2D eigenvalue weighted by Crippen LogP contribution is -2.23. The molecule has 0 radical (unpaired) electrons. The summed E-state index contributed by atoms with van der Waals surface area (Å²) in [6.45, 7) is 0. The molecule has 1 heterocycles. The summed E-state index contributed by atoms with van der Waals surface area (Å²) in [4.78, 5) is 0. The monoisotopic (exact) mass is 222 g/mol. The third-order valence-electron chi connectivity index (χ3n) is 2.48. The zero-order valence-electron chi connectivity index (χ0n) is 7.34. The van der Waals surface area contributed by atoms with E-state index in [-0.39, 0.29) is 24.1 Å². The van der Waals surface area contributed by atoms with Crippen molar-refractivity contribution in [2.24, 2.45) is 0 Å². The number of nitrogens with zero attached hydrogens (tertiary/aromatic N) is 2. The third kappa shape index (κ3) is 2.03. The molecule has 1 aliphatic carbocycles. The summed E-state index contributed by atoms with van der Waals surface area (Å²) >= 11 is 5.45. The molecule has 1 saturated carbocycles. The standard InChI is InChI=1S/C8H9ClF2N2O/c9-7-13-12-6(14-7)5-1-3-8(10,11)4-2-5/h5H,1-4H2. The second kappa shape index (κ2) is 3.46. The molecule has 2 rings (SSSR count). The van der Waals surface area contributed by atoms with Crippen LogP contribution >= 0.6 is 11.6 Å². The molecule has 0 bridgehead atoms. The molecule has 3 nitrogen and oxygen atoms in total. The van der Waals surface area contributed by atoms with Crippen molar-refractivity contribution in [1.82, 2.24) is 10.2 Å². The highest BCUT2D eigenvalue weighted by Crippen LogP contribution is 2.40. The normalized spacial score (nSPS) is 22.5. The van der Waals surface area contributed by atoms with Gasteiger partial charge in [0, 0.05) is 18.8 Å². The Hall–Kier alpha value is -0.710. The van der Waals surface area contributed by atoms with E-state index < -0.39 is 5.92 Å². The van der Waals surface area contributed by atoms with E-state index in [1.165, 1.54) is 0 Å². The van der Waals surface area contributed by atoms with E-state index in [0.29, 0.717) is 18.7 Å². The van der Waals surface area contributed by atoms with E-state index in [1.54, 1.807) is 0 Å². The van der Waals surface area contributed by atoms with Gasteiger partial charge in [-0.1, -0.05) is 5.10 Å². The minimum Gasteiger partial charge on any atom is -0.412 e. The van der Waals surface area contributed by atoms with Crippen molar-refractivity contribution in [3.8, 4) is 0 Å². The minimum absolute atomic E-state index is 0.0302. The fourth-order valence-electron chi connectivity index (χ4n) is 1.67. The smallest absolute Gasteiger partial charge is 0.312 e. The van der Waals surface area contributed by atoms with Gasteiger partial charge in [0.25, 0.3) is 0 Å². The maximum Gasteiger partial charge on any atom is 0.312 e. The number of aromatic nitrogens is 2. The molecular formula is C8H9ClF2N2O. The molecule has 0 spiro atoms. The molecule has 0 unspecified atom stereocenters. The third-order valence-corrected chi connectivity index (χ3v) is 2.64. The Morgan fingerprint density at radius 2 is 1.93 bits per heavy atom. The average molecular weight is 223 g/mol. The quantitative estimate of drug-likeness (QED) is 0.733. The van der Waals surface area contributed by atoms with Gasteiger partial charge in [-0.3, -0.25) is 0 Å². The zero-order valence-corrected chi connectivity index (χ0v) is 8.10. The summed E-state index contributed by atoms with van der Waals surface area (Å²) in [6.07, 6.45) is 0.534. The first-order chi connectivity index (χ1) is 6.57. The summed E-state index contributed by atoms with van der Waals surface area (Å²) in [6, 6.07) is 0. The van der Waals surface area contributed by atoms with Crippen molar-refractivity contribution in [2.75, 3.05) is 0 Å². The molecule has 0 aliphatic heterocycles. The van der Waals surface area contributed by atoms with Gasteiger partial charge in [0.2, 0.25) is 11.8 Å². The molecule has 1 aliphatic rings. The van der Waals surface area contributed by atoms with Crippen molar-refractivity contribution >= 4 is 11.6 Å². The van der Waals surface area contributed by atoms with Crippen LogP contribution in [0.5, 0.6) is 0 Å². The molecular weight excluding hydrogens is 214 g/mol. The summed E-state index contributed by atoms with van der Waals surface area (Å²) in [5, 5.41) is 7.15. The van der Waals surface area contributed by atoms with Gasteiger partial charge >= 0.3 is 5.35 Å². The van der Waals surface area contributed by atoms with Crippen LogP contribution in [0.4, 0.5) is 8.78 Å². The van der Waals surface area contributed by atoms with Gasteiger partial charge in [0.1, 0.15) is 0 Å². The van der Waals surface area contributed by atoms with E-state index >= 15 is 0 Å². The highest BCUT2D eigenvalue weighted by Gasteiger charge is 2.37. The van der Waals surface area contributed by atoms with Crippen LogP contribution in [0.25, 0.3) is 0 Å². The van der Waals surface area contributed by atoms with Gasteiger partial charge in [0.15, 0.2) is 0 Å². The fraction of sp³-hybridized carbons (Fsp3) is 0.750. The van der Waals surface area contributed by atoms with Crippen molar-refractivity contribution in [3.05, 3.63) is 11.2 Å². The lowest BCUT2D eigenvalue weighted by molar-refractivity contribution is -0.0398. The molecule has 0 N–H and O–H groups in total. The van der Waals surface area contributed by atoms with Gasteiger partial charge < -0.3 is 4.42 Å². The Morgan fingerprint density at radius 1 is 1.29 bits per heavy atom. The highest BCUT2D eigenvalue weighted by atomic mass is 35.5. The van der Waals surface area contributed by atoms with Gasteiger partial charge in [-0.25, -0.2) is 8.78 Å². The van der Waals surface area contributed by atoms with Crippen molar-refractivity contribution < 1.29 is 13.2 Å². The number of hydrogen-bond donors (Lipinski definition) is 0. The summed E-state index contributed by atoms with van der Waals surface area (Å²) in [5.41, 5.74) is 0. The van der Waals surface area contributed by atoms with Crippen LogP contribution in [0.15, 0.2) is 4.42 Å². The molecule has 0 saturated heterocycles. The Kier molecular flexibility index (Phi) is 2.43. The molecule has 0 atom stereocenters. The molecule has 1 fully saturated rings. The number of rotatable bonds is 1. The molecule has 1 aromatic rings. The number of hydrogen-bond acceptors (Lipinski definition) is 3. The van der Waals surface area contributed by atoms with Crippen LogP contribution in [0.2, 0.25) is 5.35 Å². The number of alkyl halides is 2. The fourth-order valence-corrected chi connectivity index (χ4v) is 1.78. The SMILES string of the molecule is FC1(F)CCC(c2nnc(Cl)o2)CC1. The van der Waals surface area contributed by atoms with E-state index in [1.807, 2.05) is 0 Å². The van der Waals surface area contributed by atoms with Gasteiger partial charge in [0.05, 0.1) is 0 Å². The summed E-state index contributed by atoms with van der Waals surface area (Å²) in [7, 11) is 0. The molecule has 0 aromatic carbocycles. The van der Waals surface area contributed by atoms with E-state index in [0.717, 1.165) is 0 Å². The predicted octanol–water partition coefficient (Wildman–Crippen LogP) is 3.02. The van der Waals surface area contributed by atoms with Gasteiger partial charge in [-0.2, -0.15) is 0 Å². The predicted molar refractivity (Wildman–Crippen MR) is 45.5 cm³/mol. The van der Waals surface area contributed by atoms with Crippen LogP contribution in [0, 0.1) is 0 Å². The second-order valence-corrected chi connectivity index (χ2v) is 3.85. The topological polar surface area (TPSA) is 38.9 Å². The average Bonchev–Trinajstić information content (AvgIpc) is 2.52. The first-order valence-electron chi connectivity index (χ1n) is 4.43. The molecule has 14 heavy (non-hydrogen) atoms. The first kappa shape index (κ1) is 9.83. The molecule has 6 heteroatoms. The van der Waals surface area contributed by atoms with Crippen molar-refractivity contribution in [3.63, 3.8) is 0 Å². The lowest BCUT2D eigenvalue weighted by atomic mass is 9.87. The maximum absolute atomic E-state index is 12.8. The van der Waals surface area contributed by atoms with Gasteiger partial charge in [-0.15, -0.1) is 5.10 Å². The summed E-state index contributed by atoms with van der Waals surface area (Å²) in [5.74, 6) is -2.21. The first-order valence-corrected chi connectivity index (χ1v) is 4.81. The van der Waals surface area contributed by atoms with Crippen LogP contribution in [-0.4, -0.2) is 16.1 Å². The van der Waals surface area contributed by atoms with E-state index in [9.17, 15) is 8.78 Å². The second-order valence-electron chi connectivity index (χ2n) is 3.52. The molecule has 78 valence electrons. The van der Waals surface area contributed by atoms with E-state index in [4.69, 9.17) is 16.0 Å².